The summed E-state index contributed by atoms with van der Waals surface area (Å²) >= 11 is 0.883. The normalized spacial score (nSPS) is 14.1. The molecule has 6 nitrogen and oxygen atoms in total. The number of allylic oxidation sites excluding steroid dienone is 1. The second-order valence-corrected chi connectivity index (χ2v) is 9.24. The lowest BCUT2D eigenvalue weighted by Crippen LogP contribution is -2.27. The number of hydrogen-bond donors (Lipinski definition) is 0. The van der Waals surface area contributed by atoms with E-state index >= 15 is 0 Å². The topological polar surface area (TPSA) is 79.6 Å². The standard InChI is InChI=1S/C30H26N2O4S/c1-3-10-23-15-22(16-26(35-4-2)28(23)36-20-21-11-6-5-7-12-21)17-27-29(33)32(30(34)37-27)19-25-14-9-8-13-24(25)18-31/h3,5-9,11-17H,1,4,10,19-20H2,2H3/b27-17-. The smallest absolute Gasteiger partial charge is 0.293 e. The van der Waals surface area contributed by atoms with Gasteiger partial charge in [0.05, 0.1) is 29.7 Å². The number of imide groups is 1. The first-order valence-corrected chi connectivity index (χ1v) is 12.7. The molecule has 0 saturated carbocycles. The second kappa shape index (κ2) is 12.1. The van der Waals surface area contributed by atoms with Crippen molar-refractivity contribution < 1.29 is 19.1 Å². The van der Waals surface area contributed by atoms with Gasteiger partial charge in [-0.15, -0.1) is 6.58 Å². The first kappa shape index (κ1) is 25.8. The van der Waals surface area contributed by atoms with E-state index in [2.05, 4.69) is 12.6 Å². The zero-order valence-electron chi connectivity index (χ0n) is 20.5. The van der Waals surface area contributed by atoms with Crippen molar-refractivity contribution in [2.24, 2.45) is 0 Å². The van der Waals surface area contributed by atoms with Crippen molar-refractivity contribution in [3.05, 3.63) is 112 Å². The fourth-order valence-electron chi connectivity index (χ4n) is 3.96. The number of ether oxygens (including phenoxy) is 2. The van der Waals surface area contributed by atoms with Crippen LogP contribution in [-0.2, 0) is 24.4 Å². The largest absolute Gasteiger partial charge is 0.490 e. The highest BCUT2D eigenvalue weighted by Crippen LogP contribution is 2.38. The molecule has 2 amide bonds. The molecule has 0 N–H and O–H groups in total. The highest BCUT2D eigenvalue weighted by Gasteiger charge is 2.35. The van der Waals surface area contributed by atoms with E-state index < -0.39 is 5.91 Å². The van der Waals surface area contributed by atoms with E-state index in [-0.39, 0.29) is 11.8 Å². The fourth-order valence-corrected chi connectivity index (χ4v) is 4.79. The van der Waals surface area contributed by atoms with Gasteiger partial charge in [-0.25, -0.2) is 0 Å². The zero-order valence-corrected chi connectivity index (χ0v) is 21.3. The monoisotopic (exact) mass is 510 g/mol. The van der Waals surface area contributed by atoms with Crippen LogP contribution in [0.2, 0.25) is 0 Å². The van der Waals surface area contributed by atoms with Crippen molar-refractivity contribution in [3.8, 4) is 17.6 Å². The lowest BCUT2D eigenvalue weighted by Gasteiger charge is -2.17. The van der Waals surface area contributed by atoms with Crippen molar-refractivity contribution >= 4 is 29.0 Å². The predicted octanol–water partition coefficient (Wildman–Crippen LogP) is 6.50. The molecule has 0 spiro atoms. The van der Waals surface area contributed by atoms with E-state index in [0.717, 1.165) is 33.4 Å². The molecule has 4 rings (SSSR count). The molecule has 0 unspecified atom stereocenters. The van der Waals surface area contributed by atoms with Crippen LogP contribution < -0.4 is 9.47 Å². The molecule has 3 aromatic rings. The van der Waals surface area contributed by atoms with E-state index in [9.17, 15) is 14.9 Å². The molecule has 1 saturated heterocycles. The highest BCUT2D eigenvalue weighted by molar-refractivity contribution is 8.18. The fraction of sp³-hybridized carbons (Fsp3) is 0.167. The molecule has 1 aliphatic heterocycles. The average Bonchev–Trinajstić information content (AvgIpc) is 3.16. The molecule has 186 valence electrons. The van der Waals surface area contributed by atoms with Crippen LogP contribution in [0.1, 0.15) is 34.7 Å². The summed E-state index contributed by atoms with van der Waals surface area (Å²) in [5.41, 5.74) is 3.68. The lowest BCUT2D eigenvalue weighted by atomic mass is 10.0. The van der Waals surface area contributed by atoms with Gasteiger partial charge in [-0.3, -0.25) is 14.5 Å². The van der Waals surface area contributed by atoms with Gasteiger partial charge in [-0.2, -0.15) is 5.26 Å². The molecule has 0 atom stereocenters. The third kappa shape index (κ3) is 6.11. The van der Waals surface area contributed by atoms with Crippen LogP contribution in [0.5, 0.6) is 11.5 Å². The molecule has 1 fully saturated rings. The quantitative estimate of drug-likeness (QED) is 0.229. The predicted molar refractivity (Wildman–Crippen MR) is 145 cm³/mol. The Morgan fingerprint density at radius 3 is 2.51 bits per heavy atom. The number of carbonyl (C=O) groups excluding carboxylic acids is 2. The summed E-state index contributed by atoms with van der Waals surface area (Å²) in [5.74, 6) is 0.797. The Kier molecular flexibility index (Phi) is 8.44. The summed E-state index contributed by atoms with van der Waals surface area (Å²) in [6, 6.07) is 22.6. The number of nitriles is 1. The number of nitrogens with zero attached hydrogens (tertiary/aromatic N) is 2. The summed E-state index contributed by atoms with van der Waals surface area (Å²) in [4.78, 5) is 27.3. The van der Waals surface area contributed by atoms with Gasteiger partial charge in [-0.1, -0.05) is 54.6 Å². The molecule has 37 heavy (non-hydrogen) atoms. The number of thioether (sulfide) groups is 1. The van der Waals surface area contributed by atoms with Crippen molar-refractivity contribution in [2.75, 3.05) is 6.61 Å². The molecule has 1 heterocycles. The van der Waals surface area contributed by atoms with Gasteiger partial charge < -0.3 is 9.47 Å². The molecule has 1 aliphatic rings. The van der Waals surface area contributed by atoms with Crippen LogP contribution in [0.4, 0.5) is 4.79 Å². The highest BCUT2D eigenvalue weighted by atomic mass is 32.2. The van der Waals surface area contributed by atoms with E-state index in [1.54, 1.807) is 36.4 Å². The Labute approximate surface area is 220 Å². The summed E-state index contributed by atoms with van der Waals surface area (Å²) in [6.45, 7) is 6.63. The van der Waals surface area contributed by atoms with Crippen molar-refractivity contribution in [2.45, 2.75) is 26.5 Å². The second-order valence-electron chi connectivity index (χ2n) is 8.24. The molecule has 0 aromatic heterocycles. The van der Waals surface area contributed by atoms with Gasteiger partial charge in [0.25, 0.3) is 11.1 Å². The van der Waals surface area contributed by atoms with Crippen LogP contribution in [0.15, 0.2) is 84.3 Å². The summed E-state index contributed by atoms with van der Waals surface area (Å²) in [5, 5.41) is 8.98. The van der Waals surface area contributed by atoms with Gasteiger partial charge in [0.15, 0.2) is 11.5 Å². The van der Waals surface area contributed by atoms with Crippen LogP contribution in [0.25, 0.3) is 6.08 Å². The van der Waals surface area contributed by atoms with Gasteiger partial charge in [0.1, 0.15) is 6.61 Å². The maximum Gasteiger partial charge on any atom is 0.293 e. The zero-order chi connectivity index (χ0) is 26.2. The van der Waals surface area contributed by atoms with Crippen molar-refractivity contribution in [1.82, 2.24) is 4.90 Å². The molecule has 0 bridgehead atoms. The van der Waals surface area contributed by atoms with E-state index in [0.29, 0.717) is 47.2 Å². The lowest BCUT2D eigenvalue weighted by molar-refractivity contribution is -0.123. The van der Waals surface area contributed by atoms with E-state index in [4.69, 9.17) is 9.47 Å². The van der Waals surface area contributed by atoms with Crippen molar-refractivity contribution in [3.63, 3.8) is 0 Å². The third-order valence-electron chi connectivity index (χ3n) is 5.68. The Hall–Kier alpha value is -4.28. The van der Waals surface area contributed by atoms with E-state index in [1.807, 2.05) is 49.4 Å². The minimum absolute atomic E-state index is 0.0455. The summed E-state index contributed by atoms with van der Waals surface area (Å²) < 4.78 is 12.1. The maximum atomic E-state index is 13.1. The van der Waals surface area contributed by atoms with Crippen LogP contribution >= 0.6 is 11.8 Å². The van der Waals surface area contributed by atoms with Gasteiger partial charge in [0.2, 0.25) is 0 Å². The first-order chi connectivity index (χ1) is 18.0. The minimum Gasteiger partial charge on any atom is -0.490 e. The van der Waals surface area contributed by atoms with Crippen LogP contribution in [0.3, 0.4) is 0 Å². The Bertz CT molecular complexity index is 1390. The van der Waals surface area contributed by atoms with Gasteiger partial charge in [0, 0.05) is 5.56 Å². The SMILES string of the molecule is C=CCc1cc(/C=C2\SC(=O)N(Cc3ccccc3C#N)C2=O)cc(OCC)c1OCc1ccccc1. The Balaban J connectivity index is 1.63. The van der Waals surface area contributed by atoms with E-state index in [1.165, 1.54) is 0 Å². The molecule has 0 aliphatic carbocycles. The summed E-state index contributed by atoms with van der Waals surface area (Å²) in [6.07, 6.45) is 4.01. The molecular formula is C30H26N2O4S. The number of amides is 2. The number of hydrogen-bond acceptors (Lipinski definition) is 6. The minimum atomic E-state index is -0.393. The summed E-state index contributed by atoms with van der Waals surface area (Å²) in [7, 11) is 0. The molecule has 0 radical (unpaired) electrons. The molecule has 3 aromatic carbocycles. The maximum absolute atomic E-state index is 13.1. The Morgan fingerprint density at radius 2 is 1.78 bits per heavy atom. The number of rotatable bonds is 10. The molecular weight excluding hydrogens is 484 g/mol. The number of carbonyl (C=O) groups is 2. The van der Waals surface area contributed by atoms with Crippen molar-refractivity contribution in [1.29, 1.82) is 5.26 Å². The van der Waals surface area contributed by atoms with Gasteiger partial charge >= 0.3 is 0 Å². The molecule has 7 heteroatoms. The number of benzene rings is 3. The first-order valence-electron chi connectivity index (χ1n) is 11.8. The van der Waals surface area contributed by atoms with Crippen LogP contribution in [0, 0.1) is 11.3 Å². The Morgan fingerprint density at radius 1 is 1.03 bits per heavy atom. The van der Waals surface area contributed by atoms with Crippen LogP contribution in [-0.4, -0.2) is 22.7 Å². The average molecular weight is 511 g/mol. The van der Waals surface area contributed by atoms with Gasteiger partial charge in [-0.05, 0) is 66.1 Å². The third-order valence-corrected chi connectivity index (χ3v) is 6.59.